The number of nitrogens with one attached hydrogen (secondary N) is 1. The van der Waals surface area contributed by atoms with Crippen molar-refractivity contribution in [2.45, 2.75) is 37.8 Å². The highest BCUT2D eigenvalue weighted by atomic mass is 16.5. The highest BCUT2D eigenvalue weighted by Crippen LogP contribution is 2.23. The van der Waals surface area contributed by atoms with Crippen molar-refractivity contribution in [1.29, 1.82) is 0 Å². The number of nitrogens with zero attached hydrogens (tertiary/aromatic N) is 2. The van der Waals surface area contributed by atoms with E-state index in [0.717, 1.165) is 31.4 Å². The Morgan fingerprint density at radius 3 is 2.63 bits per heavy atom. The highest BCUT2D eigenvalue weighted by Gasteiger charge is 2.37. The van der Waals surface area contributed by atoms with Crippen molar-refractivity contribution in [2.24, 2.45) is 0 Å². The fraction of sp³-hybridized carbons (Fsp3) is 0.524. The smallest absolute Gasteiger partial charge is 0.318 e. The maximum atomic E-state index is 12.8. The molecule has 0 aliphatic carbocycles. The largest absolute Gasteiger partial charge is 0.381 e. The fourth-order valence-electron chi connectivity index (χ4n) is 4.21. The van der Waals surface area contributed by atoms with Gasteiger partial charge in [-0.05, 0) is 36.8 Å². The molecular weight excluding hydrogens is 342 g/mol. The maximum absolute atomic E-state index is 12.8. The molecule has 27 heavy (non-hydrogen) atoms. The van der Waals surface area contributed by atoms with Crippen molar-refractivity contribution in [2.75, 3.05) is 32.8 Å². The minimum absolute atomic E-state index is 0.0612. The predicted molar refractivity (Wildman–Crippen MR) is 103 cm³/mol. The summed E-state index contributed by atoms with van der Waals surface area (Å²) in [6, 6.07) is 9.88. The van der Waals surface area contributed by atoms with Crippen LogP contribution in [0.5, 0.6) is 0 Å². The zero-order valence-electron chi connectivity index (χ0n) is 15.6. The van der Waals surface area contributed by atoms with Crippen LogP contribution in [0.1, 0.15) is 31.2 Å². The molecule has 0 aromatic heterocycles. The SMILES string of the molecule is O=C(NC1CCN(C2CCOCC2)C1=O)N1CCC=C(c2ccccc2)C1. The molecule has 3 amide bonds. The van der Waals surface area contributed by atoms with Crippen LogP contribution in [0.4, 0.5) is 4.79 Å². The molecule has 2 saturated heterocycles. The lowest BCUT2D eigenvalue weighted by Gasteiger charge is -2.32. The summed E-state index contributed by atoms with van der Waals surface area (Å²) in [6.45, 7) is 3.43. The van der Waals surface area contributed by atoms with Gasteiger partial charge in [0, 0.05) is 38.9 Å². The lowest BCUT2D eigenvalue weighted by atomic mass is 10.0. The zero-order valence-corrected chi connectivity index (χ0v) is 15.6. The van der Waals surface area contributed by atoms with Gasteiger partial charge in [0.2, 0.25) is 5.91 Å². The number of likely N-dealkylation sites (tertiary alicyclic amines) is 1. The van der Waals surface area contributed by atoms with E-state index in [1.54, 1.807) is 0 Å². The summed E-state index contributed by atoms with van der Waals surface area (Å²) in [5, 5.41) is 2.98. The molecule has 6 nitrogen and oxygen atoms in total. The maximum Gasteiger partial charge on any atom is 0.318 e. The second kappa shape index (κ2) is 8.13. The van der Waals surface area contributed by atoms with Crippen LogP contribution in [0, 0.1) is 0 Å². The van der Waals surface area contributed by atoms with Gasteiger partial charge in [0.05, 0.1) is 0 Å². The number of hydrogen-bond donors (Lipinski definition) is 1. The van der Waals surface area contributed by atoms with Crippen LogP contribution < -0.4 is 5.32 Å². The molecule has 1 unspecified atom stereocenters. The quantitative estimate of drug-likeness (QED) is 0.889. The van der Waals surface area contributed by atoms with E-state index < -0.39 is 6.04 Å². The van der Waals surface area contributed by atoms with Gasteiger partial charge in [-0.25, -0.2) is 4.79 Å². The summed E-state index contributed by atoms with van der Waals surface area (Å²) in [4.78, 5) is 29.3. The summed E-state index contributed by atoms with van der Waals surface area (Å²) < 4.78 is 5.39. The van der Waals surface area contributed by atoms with Crippen LogP contribution in [0.3, 0.4) is 0 Å². The molecule has 3 heterocycles. The van der Waals surface area contributed by atoms with Crippen molar-refractivity contribution in [3.05, 3.63) is 42.0 Å². The monoisotopic (exact) mass is 369 g/mol. The molecule has 1 aromatic carbocycles. The summed E-state index contributed by atoms with van der Waals surface area (Å²) in [5.41, 5.74) is 2.32. The summed E-state index contributed by atoms with van der Waals surface area (Å²) in [5.74, 6) is 0.0612. The highest BCUT2D eigenvalue weighted by molar-refractivity contribution is 5.89. The minimum Gasteiger partial charge on any atom is -0.381 e. The predicted octanol–water partition coefficient (Wildman–Crippen LogP) is 2.27. The van der Waals surface area contributed by atoms with Gasteiger partial charge in [-0.2, -0.15) is 0 Å². The minimum atomic E-state index is -0.397. The first kappa shape index (κ1) is 18.0. The van der Waals surface area contributed by atoms with Crippen LogP contribution in [0.25, 0.3) is 5.57 Å². The first-order chi connectivity index (χ1) is 13.2. The topological polar surface area (TPSA) is 61.9 Å². The molecule has 0 saturated carbocycles. The van der Waals surface area contributed by atoms with Gasteiger partial charge >= 0.3 is 6.03 Å². The molecule has 2 fully saturated rings. The third kappa shape index (κ3) is 4.00. The Labute approximate surface area is 160 Å². The summed E-state index contributed by atoms with van der Waals surface area (Å²) in [6.07, 6.45) is 5.52. The zero-order chi connectivity index (χ0) is 18.6. The van der Waals surface area contributed by atoms with Crippen molar-refractivity contribution in [1.82, 2.24) is 15.1 Å². The fourth-order valence-corrected chi connectivity index (χ4v) is 4.21. The Morgan fingerprint density at radius 2 is 1.85 bits per heavy atom. The number of amides is 3. The number of carbonyl (C=O) groups is 2. The standard InChI is InChI=1S/C21H27N3O3/c25-20-19(8-12-24(20)18-9-13-27-14-10-18)22-21(26)23-11-4-7-17(15-23)16-5-2-1-3-6-16/h1-3,5-7,18-19H,4,8-15H2,(H,22,26). The molecule has 0 bridgehead atoms. The molecule has 3 aliphatic rings. The number of rotatable bonds is 3. The molecule has 1 N–H and O–H groups in total. The van der Waals surface area contributed by atoms with Crippen LogP contribution in [0.2, 0.25) is 0 Å². The second-order valence-corrected chi connectivity index (χ2v) is 7.47. The molecule has 6 heteroatoms. The van der Waals surface area contributed by atoms with Gasteiger partial charge in [-0.15, -0.1) is 0 Å². The molecule has 0 spiro atoms. The van der Waals surface area contributed by atoms with E-state index in [0.29, 0.717) is 32.7 Å². The van der Waals surface area contributed by atoms with Crippen molar-refractivity contribution in [3.8, 4) is 0 Å². The Balaban J connectivity index is 1.34. The Kier molecular flexibility index (Phi) is 5.43. The number of carbonyl (C=O) groups excluding carboxylic acids is 2. The van der Waals surface area contributed by atoms with Crippen LogP contribution in [0.15, 0.2) is 36.4 Å². The van der Waals surface area contributed by atoms with E-state index in [9.17, 15) is 9.59 Å². The van der Waals surface area contributed by atoms with Gasteiger partial charge < -0.3 is 19.9 Å². The van der Waals surface area contributed by atoms with Gasteiger partial charge in [0.15, 0.2) is 0 Å². The first-order valence-corrected chi connectivity index (χ1v) is 9.90. The molecule has 0 radical (unpaired) electrons. The molecule has 1 aromatic rings. The van der Waals surface area contributed by atoms with E-state index in [-0.39, 0.29) is 18.0 Å². The van der Waals surface area contributed by atoms with Crippen molar-refractivity contribution >= 4 is 17.5 Å². The lowest BCUT2D eigenvalue weighted by Crippen LogP contribution is -2.50. The van der Waals surface area contributed by atoms with Gasteiger partial charge in [-0.3, -0.25) is 4.79 Å². The van der Waals surface area contributed by atoms with Crippen LogP contribution >= 0.6 is 0 Å². The van der Waals surface area contributed by atoms with E-state index in [1.807, 2.05) is 28.0 Å². The van der Waals surface area contributed by atoms with Crippen LogP contribution in [-0.4, -0.2) is 66.7 Å². The molecule has 1 atom stereocenters. The summed E-state index contributed by atoms with van der Waals surface area (Å²) in [7, 11) is 0. The normalized spacial score (nSPS) is 24.1. The van der Waals surface area contributed by atoms with Gasteiger partial charge in [0.25, 0.3) is 0 Å². The molecular formula is C21H27N3O3. The number of hydrogen-bond acceptors (Lipinski definition) is 3. The third-order valence-corrected chi connectivity index (χ3v) is 5.75. The average molecular weight is 369 g/mol. The average Bonchev–Trinajstić information content (AvgIpc) is 3.09. The Bertz CT molecular complexity index is 713. The molecule has 3 aliphatic heterocycles. The Hall–Kier alpha value is -2.34. The lowest BCUT2D eigenvalue weighted by molar-refractivity contribution is -0.132. The number of urea groups is 1. The van der Waals surface area contributed by atoms with Gasteiger partial charge in [-0.1, -0.05) is 36.4 Å². The van der Waals surface area contributed by atoms with E-state index in [1.165, 1.54) is 5.57 Å². The van der Waals surface area contributed by atoms with E-state index >= 15 is 0 Å². The van der Waals surface area contributed by atoms with Crippen LogP contribution in [-0.2, 0) is 9.53 Å². The third-order valence-electron chi connectivity index (χ3n) is 5.75. The summed E-state index contributed by atoms with van der Waals surface area (Å²) >= 11 is 0. The van der Waals surface area contributed by atoms with Crippen molar-refractivity contribution < 1.29 is 14.3 Å². The molecule has 4 rings (SSSR count). The van der Waals surface area contributed by atoms with Crippen molar-refractivity contribution in [3.63, 3.8) is 0 Å². The number of benzene rings is 1. The number of ether oxygens (including phenoxy) is 1. The first-order valence-electron chi connectivity index (χ1n) is 9.90. The van der Waals surface area contributed by atoms with Gasteiger partial charge in [0.1, 0.15) is 6.04 Å². The van der Waals surface area contributed by atoms with E-state index in [4.69, 9.17) is 4.74 Å². The molecule has 144 valence electrons. The Morgan fingerprint density at radius 1 is 1.07 bits per heavy atom. The van der Waals surface area contributed by atoms with E-state index in [2.05, 4.69) is 23.5 Å². The second-order valence-electron chi connectivity index (χ2n) is 7.47.